The van der Waals surface area contributed by atoms with Crippen molar-refractivity contribution < 1.29 is 9.90 Å². The van der Waals surface area contributed by atoms with E-state index in [0.29, 0.717) is 5.82 Å². The van der Waals surface area contributed by atoms with Gasteiger partial charge in [-0.05, 0) is 26.0 Å². The minimum Gasteiger partial charge on any atom is -0.511 e. The number of hydrogen-bond acceptors (Lipinski definition) is 3. The third kappa shape index (κ3) is 1.18. The van der Waals surface area contributed by atoms with Crippen molar-refractivity contribution in [2.45, 2.75) is 13.8 Å². The number of aromatic nitrogens is 2. The average molecular weight is 228 g/mol. The molecule has 0 bridgehead atoms. The van der Waals surface area contributed by atoms with Crippen LogP contribution in [0.2, 0.25) is 0 Å². The summed E-state index contributed by atoms with van der Waals surface area (Å²) < 4.78 is 1.56. The molecule has 0 aliphatic carbocycles. The van der Waals surface area contributed by atoms with Gasteiger partial charge in [-0.1, -0.05) is 12.1 Å². The Kier molecular flexibility index (Phi) is 1.76. The van der Waals surface area contributed by atoms with Gasteiger partial charge in [0.15, 0.2) is 0 Å². The summed E-state index contributed by atoms with van der Waals surface area (Å²) >= 11 is 0. The fraction of sp³-hybridized carbons (Fsp3) is 0.231. The molecule has 1 N–H and O–H groups in total. The number of imidazole rings is 1. The summed E-state index contributed by atoms with van der Waals surface area (Å²) in [6, 6.07) is 7.46. The first kappa shape index (κ1) is 10.1. The van der Waals surface area contributed by atoms with Crippen LogP contribution in [0.1, 0.15) is 24.5 Å². The van der Waals surface area contributed by atoms with Gasteiger partial charge in [0, 0.05) is 6.08 Å². The number of benzene rings is 1. The summed E-state index contributed by atoms with van der Waals surface area (Å²) in [7, 11) is 0. The SMILES string of the molecule is CC1(C)C(=O)n2c(nc3ccccc32)C=C1O. The van der Waals surface area contributed by atoms with Gasteiger partial charge >= 0.3 is 0 Å². The van der Waals surface area contributed by atoms with E-state index in [1.54, 1.807) is 24.5 Å². The second-order valence-electron chi connectivity index (χ2n) is 4.75. The second kappa shape index (κ2) is 2.97. The summed E-state index contributed by atoms with van der Waals surface area (Å²) in [6.45, 7) is 3.41. The molecule has 0 atom stereocenters. The van der Waals surface area contributed by atoms with Crippen LogP contribution in [0.25, 0.3) is 17.1 Å². The summed E-state index contributed by atoms with van der Waals surface area (Å²) in [6.07, 6.45) is 1.56. The van der Waals surface area contributed by atoms with Crippen molar-refractivity contribution in [3.63, 3.8) is 0 Å². The smallest absolute Gasteiger partial charge is 0.246 e. The van der Waals surface area contributed by atoms with Gasteiger partial charge < -0.3 is 5.11 Å². The molecule has 1 aromatic heterocycles. The van der Waals surface area contributed by atoms with Gasteiger partial charge in [0.2, 0.25) is 5.91 Å². The summed E-state index contributed by atoms with van der Waals surface area (Å²) in [5.74, 6) is 0.402. The summed E-state index contributed by atoms with van der Waals surface area (Å²) in [4.78, 5) is 16.7. The van der Waals surface area contributed by atoms with Crippen LogP contribution < -0.4 is 0 Å². The Hall–Kier alpha value is -2.10. The lowest BCUT2D eigenvalue weighted by atomic mass is 9.87. The van der Waals surface area contributed by atoms with Crippen LogP contribution in [0.4, 0.5) is 0 Å². The maximum atomic E-state index is 12.3. The van der Waals surface area contributed by atoms with Crippen molar-refractivity contribution in [1.29, 1.82) is 0 Å². The molecule has 2 heterocycles. The van der Waals surface area contributed by atoms with Gasteiger partial charge in [0.1, 0.15) is 17.0 Å². The van der Waals surface area contributed by atoms with Gasteiger partial charge in [-0.15, -0.1) is 0 Å². The molecule has 0 unspecified atom stereocenters. The van der Waals surface area contributed by atoms with E-state index in [1.165, 1.54) is 0 Å². The Labute approximate surface area is 98.2 Å². The lowest BCUT2D eigenvalue weighted by molar-refractivity contribution is 0.0732. The van der Waals surface area contributed by atoms with Gasteiger partial charge in [-0.25, -0.2) is 4.98 Å². The molecule has 1 aliphatic heterocycles. The molecule has 0 amide bonds. The highest BCUT2D eigenvalue weighted by Gasteiger charge is 2.39. The Balaban J connectivity index is 2.41. The second-order valence-corrected chi connectivity index (χ2v) is 4.75. The van der Waals surface area contributed by atoms with Crippen molar-refractivity contribution in [3.8, 4) is 0 Å². The van der Waals surface area contributed by atoms with E-state index in [9.17, 15) is 9.90 Å². The average Bonchev–Trinajstić information content (AvgIpc) is 2.64. The molecule has 2 aromatic rings. The van der Waals surface area contributed by atoms with E-state index < -0.39 is 5.41 Å². The molecule has 0 radical (unpaired) electrons. The third-order valence-corrected chi connectivity index (χ3v) is 3.23. The lowest BCUT2D eigenvalue weighted by Gasteiger charge is -2.26. The van der Waals surface area contributed by atoms with E-state index in [4.69, 9.17) is 0 Å². The monoisotopic (exact) mass is 228 g/mol. The van der Waals surface area contributed by atoms with Crippen LogP contribution in [0, 0.1) is 5.41 Å². The molecule has 4 heteroatoms. The number of para-hydroxylation sites is 2. The quantitative estimate of drug-likeness (QED) is 0.754. The van der Waals surface area contributed by atoms with Crippen molar-refractivity contribution in [2.24, 2.45) is 5.41 Å². The number of aliphatic hydroxyl groups excluding tert-OH is 1. The van der Waals surface area contributed by atoms with E-state index in [0.717, 1.165) is 11.0 Å². The van der Waals surface area contributed by atoms with Crippen LogP contribution in [-0.4, -0.2) is 20.6 Å². The van der Waals surface area contributed by atoms with E-state index in [-0.39, 0.29) is 11.7 Å². The molecule has 0 fully saturated rings. The largest absolute Gasteiger partial charge is 0.511 e. The maximum absolute atomic E-state index is 12.3. The van der Waals surface area contributed by atoms with Gasteiger partial charge in [-0.3, -0.25) is 9.36 Å². The molecule has 3 rings (SSSR count). The van der Waals surface area contributed by atoms with Gasteiger partial charge in [0.25, 0.3) is 0 Å². The molecule has 0 saturated carbocycles. The van der Waals surface area contributed by atoms with Crippen LogP contribution >= 0.6 is 0 Å². The highest BCUT2D eigenvalue weighted by Crippen LogP contribution is 2.34. The molecular formula is C13H12N2O2. The Morgan fingerprint density at radius 2 is 2.00 bits per heavy atom. The zero-order chi connectivity index (χ0) is 12.2. The van der Waals surface area contributed by atoms with Crippen molar-refractivity contribution in [2.75, 3.05) is 0 Å². The molecule has 1 aliphatic rings. The topological polar surface area (TPSA) is 55.1 Å². The maximum Gasteiger partial charge on any atom is 0.246 e. The highest BCUT2D eigenvalue weighted by atomic mass is 16.3. The van der Waals surface area contributed by atoms with Crippen LogP contribution in [0.3, 0.4) is 0 Å². The molecule has 0 spiro atoms. The number of allylic oxidation sites excluding steroid dienone is 1. The van der Waals surface area contributed by atoms with Gasteiger partial charge in [0.05, 0.1) is 11.0 Å². The Morgan fingerprint density at radius 3 is 2.76 bits per heavy atom. The normalized spacial score (nSPS) is 18.0. The standard InChI is InChI=1S/C13H12N2O2/c1-13(2)10(16)7-11-14-8-5-3-4-6-9(8)15(11)12(13)17/h3-7,16H,1-2H3. The van der Waals surface area contributed by atoms with E-state index in [2.05, 4.69) is 4.98 Å². The molecule has 0 saturated heterocycles. The number of aliphatic hydroxyl groups is 1. The van der Waals surface area contributed by atoms with Crippen LogP contribution in [-0.2, 0) is 0 Å². The fourth-order valence-electron chi connectivity index (χ4n) is 2.05. The summed E-state index contributed by atoms with van der Waals surface area (Å²) in [5.41, 5.74) is 0.651. The first-order valence-electron chi connectivity index (χ1n) is 5.45. The van der Waals surface area contributed by atoms with Crippen molar-refractivity contribution >= 4 is 23.0 Å². The summed E-state index contributed by atoms with van der Waals surface area (Å²) in [5, 5.41) is 9.87. The molecule has 1 aromatic carbocycles. The first-order valence-corrected chi connectivity index (χ1v) is 5.45. The van der Waals surface area contributed by atoms with Crippen LogP contribution in [0.15, 0.2) is 30.0 Å². The molecular weight excluding hydrogens is 216 g/mol. The Bertz CT molecular complexity index is 665. The van der Waals surface area contributed by atoms with Crippen molar-refractivity contribution in [1.82, 2.24) is 9.55 Å². The number of hydrogen-bond donors (Lipinski definition) is 1. The number of fused-ring (bicyclic) bond motifs is 3. The van der Waals surface area contributed by atoms with Crippen molar-refractivity contribution in [3.05, 3.63) is 35.8 Å². The zero-order valence-corrected chi connectivity index (χ0v) is 9.64. The van der Waals surface area contributed by atoms with Gasteiger partial charge in [-0.2, -0.15) is 0 Å². The minimum atomic E-state index is -0.892. The fourth-order valence-corrected chi connectivity index (χ4v) is 2.05. The predicted molar refractivity (Wildman–Crippen MR) is 64.7 cm³/mol. The third-order valence-electron chi connectivity index (χ3n) is 3.23. The molecule has 86 valence electrons. The number of carbonyl (C=O) groups is 1. The van der Waals surface area contributed by atoms with E-state index >= 15 is 0 Å². The Morgan fingerprint density at radius 1 is 1.29 bits per heavy atom. The van der Waals surface area contributed by atoms with Crippen LogP contribution in [0.5, 0.6) is 0 Å². The lowest BCUT2D eigenvalue weighted by Crippen LogP contribution is -2.35. The minimum absolute atomic E-state index is 0.0605. The number of rotatable bonds is 0. The predicted octanol–water partition coefficient (Wildman–Crippen LogP) is 2.62. The number of carbonyl (C=O) groups excluding carboxylic acids is 1. The highest BCUT2D eigenvalue weighted by molar-refractivity contribution is 5.99. The zero-order valence-electron chi connectivity index (χ0n) is 9.64. The van der Waals surface area contributed by atoms with E-state index in [1.807, 2.05) is 24.3 Å². The number of nitrogens with zero attached hydrogens (tertiary/aromatic N) is 2. The molecule has 17 heavy (non-hydrogen) atoms. The first-order chi connectivity index (χ1) is 8.01. The molecule has 4 nitrogen and oxygen atoms in total.